The Kier molecular flexibility index (Phi) is 5.69. The van der Waals surface area contributed by atoms with Crippen LogP contribution < -0.4 is 0 Å². The van der Waals surface area contributed by atoms with E-state index in [0.717, 1.165) is 6.07 Å². The number of hydrogen-bond donors (Lipinski definition) is 0. The third-order valence-corrected chi connectivity index (χ3v) is 6.07. The van der Waals surface area contributed by atoms with E-state index in [1.165, 1.54) is 29.6 Å². The van der Waals surface area contributed by atoms with Crippen LogP contribution in [0.1, 0.15) is 30.8 Å². The molecule has 2 rings (SSSR count). The van der Waals surface area contributed by atoms with Crippen molar-refractivity contribution in [3.05, 3.63) is 28.1 Å². The number of amides is 1. The molecule has 0 aliphatic carbocycles. The maximum absolute atomic E-state index is 12.6. The van der Waals surface area contributed by atoms with Gasteiger partial charge in [-0.2, -0.15) is 0 Å². The van der Waals surface area contributed by atoms with Crippen LogP contribution in [0.3, 0.4) is 0 Å². The lowest BCUT2D eigenvalue weighted by Crippen LogP contribution is -2.46. The molecule has 1 aliphatic heterocycles. The minimum atomic E-state index is -3.16. The number of sulfone groups is 1. The number of carbonyl (C=O) groups excluding carboxylic acids is 2. The predicted octanol–water partition coefficient (Wildman–Crippen LogP) is 0.514. The highest BCUT2D eigenvalue weighted by Crippen LogP contribution is 2.20. The molecule has 0 bridgehead atoms. The van der Waals surface area contributed by atoms with E-state index in [9.17, 15) is 28.1 Å². The molecule has 1 amide bonds. The number of rotatable bonds is 6. The van der Waals surface area contributed by atoms with E-state index in [1.54, 1.807) is 6.92 Å². The number of ether oxygens (including phenoxy) is 1. The lowest BCUT2D eigenvalue weighted by atomic mass is 10.2. The van der Waals surface area contributed by atoms with Crippen molar-refractivity contribution in [2.45, 2.75) is 32.4 Å². The van der Waals surface area contributed by atoms with Crippen LogP contribution in [0.4, 0.5) is 5.69 Å². The van der Waals surface area contributed by atoms with Crippen molar-refractivity contribution in [3.63, 3.8) is 0 Å². The zero-order chi connectivity index (χ0) is 19.6. The van der Waals surface area contributed by atoms with E-state index in [-0.39, 0.29) is 29.4 Å². The monoisotopic (exact) mass is 387 g/mol. The molecule has 0 aromatic carbocycles. The molecule has 2 atom stereocenters. The highest BCUT2D eigenvalue weighted by Gasteiger charge is 2.36. The molecule has 0 N–H and O–H groups in total. The average molecular weight is 387 g/mol. The first-order valence-corrected chi connectivity index (χ1v) is 9.90. The number of carbonyl (C=O) groups is 2. The quantitative estimate of drug-likeness (QED) is 0.395. The van der Waals surface area contributed by atoms with Crippen LogP contribution in [0.15, 0.2) is 12.3 Å². The Balaban J connectivity index is 2.08. The normalized spacial score (nSPS) is 19.7. The van der Waals surface area contributed by atoms with Gasteiger partial charge >= 0.3 is 5.97 Å². The Morgan fingerprint density at radius 2 is 2.15 bits per heavy atom. The lowest BCUT2D eigenvalue weighted by molar-refractivity contribution is -0.384. The zero-order valence-corrected chi connectivity index (χ0v) is 15.6. The standard InChI is InChI=1S/C15H21N3O7S/c1-4-17(11-5-6-26(23,24)9-11)14(19)10(2)25-15(20)13-7-12(18(21)22)8-16(13)3/h7-8,10-11H,4-6,9H2,1-3H3/t10-,11+/m0/s1. The van der Waals surface area contributed by atoms with Crippen molar-refractivity contribution >= 4 is 27.4 Å². The second-order valence-electron chi connectivity index (χ2n) is 6.18. The van der Waals surface area contributed by atoms with Gasteiger partial charge in [-0.05, 0) is 20.3 Å². The summed E-state index contributed by atoms with van der Waals surface area (Å²) in [7, 11) is -1.70. The van der Waals surface area contributed by atoms with Gasteiger partial charge < -0.3 is 14.2 Å². The van der Waals surface area contributed by atoms with Crippen molar-refractivity contribution in [3.8, 4) is 0 Å². The molecule has 2 heterocycles. The molecule has 11 heteroatoms. The van der Waals surface area contributed by atoms with Crippen LogP contribution in [-0.4, -0.2) is 64.9 Å². The topological polar surface area (TPSA) is 129 Å². The van der Waals surface area contributed by atoms with Gasteiger partial charge in [-0.1, -0.05) is 0 Å². The number of nitrogens with zero attached hydrogens (tertiary/aromatic N) is 3. The van der Waals surface area contributed by atoms with Gasteiger partial charge in [-0.25, -0.2) is 13.2 Å². The summed E-state index contributed by atoms with van der Waals surface area (Å²) < 4.78 is 29.7. The van der Waals surface area contributed by atoms with E-state index in [2.05, 4.69) is 0 Å². The van der Waals surface area contributed by atoms with Gasteiger partial charge in [-0.3, -0.25) is 14.9 Å². The lowest BCUT2D eigenvalue weighted by Gasteiger charge is -2.29. The number of esters is 1. The smallest absolute Gasteiger partial charge is 0.355 e. The highest BCUT2D eigenvalue weighted by atomic mass is 32.2. The summed E-state index contributed by atoms with van der Waals surface area (Å²) in [4.78, 5) is 36.3. The number of aromatic nitrogens is 1. The van der Waals surface area contributed by atoms with Gasteiger partial charge in [-0.15, -0.1) is 0 Å². The molecule has 1 fully saturated rings. The molecular formula is C15H21N3O7S. The van der Waals surface area contributed by atoms with E-state index in [1.807, 2.05) is 0 Å². The highest BCUT2D eigenvalue weighted by molar-refractivity contribution is 7.91. The molecule has 0 radical (unpaired) electrons. The Morgan fingerprint density at radius 3 is 2.62 bits per heavy atom. The molecule has 26 heavy (non-hydrogen) atoms. The number of hydrogen-bond acceptors (Lipinski definition) is 7. The van der Waals surface area contributed by atoms with Crippen LogP contribution in [0.2, 0.25) is 0 Å². The van der Waals surface area contributed by atoms with Crippen LogP contribution >= 0.6 is 0 Å². The zero-order valence-electron chi connectivity index (χ0n) is 14.7. The second-order valence-corrected chi connectivity index (χ2v) is 8.41. The van der Waals surface area contributed by atoms with Gasteiger partial charge in [0, 0.05) is 25.7 Å². The molecule has 1 aromatic heterocycles. The van der Waals surface area contributed by atoms with Crippen LogP contribution in [0.5, 0.6) is 0 Å². The minimum Gasteiger partial charge on any atom is -0.448 e. The molecule has 0 spiro atoms. The molecular weight excluding hydrogens is 366 g/mol. The molecule has 1 aromatic rings. The fraction of sp³-hybridized carbons (Fsp3) is 0.600. The Bertz CT molecular complexity index is 830. The first-order chi connectivity index (χ1) is 12.1. The van der Waals surface area contributed by atoms with Gasteiger partial charge in [0.15, 0.2) is 15.9 Å². The molecule has 0 saturated carbocycles. The molecule has 0 unspecified atom stereocenters. The largest absolute Gasteiger partial charge is 0.448 e. The summed E-state index contributed by atoms with van der Waals surface area (Å²) >= 11 is 0. The van der Waals surface area contributed by atoms with E-state index < -0.39 is 38.8 Å². The summed E-state index contributed by atoms with van der Waals surface area (Å²) in [6.07, 6.45) is 0.386. The average Bonchev–Trinajstić information content (AvgIpc) is 3.10. The molecule has 10 nitrogen and oxygen atoms in total. The van der Waals surface area contributed by atoms with E-state index in [0.29, 0.717) is 6.42 Å². The van der Waals surface area contributed by atoms with Crippen molar-refractivity contribution in [2.24, 2.45) is 7.05 Å². The maximum atomic E-state index is 12.6. The van der Waals surface area contributed by atoms with Gasteiger partial charge in [0.1, 0.15) is 5.69 Å². The van der Waals surface area contributed by atoms with Crippen molar-refractivity contribution in [1.29, 1.82) is 0 Å². The fourth-order valence-electron chi connectivity index (χ4n) is 2.97. The van der Waals surface area contributed by atoms with Gasteiger partial charge in [0.25, 0.3) is 11.6 Å². The van der Waals surface area contributed by atoms with Gasteiger partial charge in [0.05, 0.1) is 22.6 Å². The fourth-order valence-corrected chi connectivity index (χ4v) is 4.70. The number of nitro groups is 1. The Morgan fingerprint density at radius 1 is 1.50 bits per heavy atom. The SMILES string of the molecule is CCN(C(=O)[C@H](C)OC(=O)c1cc([N+](=O)[O-])cn1C)[C@@H]1CCS(=O)(=O)C1. The molecule has 144 valence electrons. The minimum absolute atomic E-state index is 0.0304. The van der Waals surface area contributed by atoms with E-state index >= 15 is 0 Å². The summed E-state index contributed by atoms with van der Waals surface area (Å²) in [6, 6.07) is 0.635. The predicted molar refractivity (Wildman–Crippen MR) is 91.4 cm³/mol. The van der Waals surface area contributed by atoms with Crippen molar-refractivity contribution < 1.29 is 27.7 Å². The first kappa shape index (κ1) is 19.9. The van der Waals surface area contributed by atoms with Crippen LogP contribution in [0.25, 0.3) is 0 Å². The Hall–Kier alpha value is -2.43. The molecule has 1 saturated heterocycles. The third-order valence-electron chi connectivity index (χ3n) is 4.31. The van der Waals surface area contributed by atoms with E-state index in [4.69, 9.17) is 4.74 Å². The van der Waals surface area contributed by atoms with Crippen LogP contribution in [-0.2, 0) is 26.4 Å². The molecule has 1 aliphatic rings. The summed E-state index contributed by atoms with van der Waals surface area (Å²) in [5, 5.41) is 10.8. The summed E-state index contributed by atoms with van der Waals surface area (Å²) in [6.45, 7) is 3.40. The first-order valence-electron chi connectivity index (χ1n) is 8.08. The second kappa shape index (κ2) is 7.44. The summed E-state index contributed by atoms with van der Waals surface area (Å²) in [5.74, 6) is -1.43. The number of likely N-dealkylation sites (N-methyl/N-ethyl adjacent to an activating group) is 1. The number of aryl methyl sites for hydroxylation is 1. The summed E-state index contributed by atoms with van der Waals surface area (Å²) in [5.41, 5.74) is -0.312. The third kappa shape index (κ3) is 4.21. The Labute approximate surface area is 150 Å². The van der Waals surface area contributed by atoms with Crippen LogP contribution in [0, 0.1) is 10.1 Å². The van der Waals surface area contributed by atoms with Crippen molar-refractivity contribution in [1.82, 2.24) is 9.47 Å². The van der Waals surface area contributed by atoms with Crippen molar-refractivity contribution in [2.75, 3.05) is 18.1 Å². The maximum Gasteiger partial charge on any atom is 0.355 e. The van der Waals surface area contributed by atoms with Gasteiger partial charge in [0.2, 0.25) is 0 Å².